The first-order valence-corrected chi connectivity index (χ1v) is 8.68. The number of hydrogen-bond acceptors (Lipinski definition) is 5. The summed E-state index contributed by atoms with van der Waals surface area (Å²) in [6.07, 6.45) is -1.07. The molecule has 0 unspecified atom stereocenters. The molecule has 1 aromatic carbocycles. The van der Waals surface area contributed by atoms with E-state index < -0.39 is 36.1 Å². The zero-order valence-corrected chi connectivity index (χ0v) is 14.8. The largest absolute Gasteiger partial charge is 0.480 e. The lowest BCUT2D eigenvalue weighted by Crippen LogP contribution is -2.48. The Bertz CT molecular complexity index is 750. The van der Waals surface area contributed by atoms with Gasteiger partial charge in [0.15, 0.2) is 6.04 Å². The highest BCUT2D eigenvalue weighted by atomic mass is 16.4. The summed E-state index contributed by atoms with van der Waals surface area (Å²) in [6.45, 7) is 1.46. The second-order valence-corrected chi connectivity index (χ2v) is 6.76. The van der Waals surface area contributed by atoms with Crippen molar-refractivity contribution in [2.45, 2.75) is 44.5 Å². The van der Waals surface area contributed by atoms with Crippen molar-refractivity contribution in [1.29, 1.82) is 0 Å². The van der Waals surface area contributed by atoms with Gasteiger partial charge in [0.25, 0.3) is 5.91 Å². The summed E-state index contributed by atoms with van der Waals surface area (Å²) in [5.41, 5.74) is 2.02. The van der Waals surface area contributed by atoms with E-state index in [1.807, 2.05) is 24.3 Å². The molecule has 3 atom stereocenters. The molecule has 0 aromatic heterocycles. The highest BCUT2D eigenvalue weighted by molar-refractivity contribution is 6.05. The minimum Gasteiger partial charge on any atom is -0.480 e. The average molecular weight is 375 g/mol. The number of carbonyl (C=O) groups excluding carboxylic acids is 3. The number of carboxylic acid groups (broad SMARTS) is 1. The molecule has 9 heteroatoms. The summed E-state index contributed by atoms with van der Waals surface area (Å²) < 4.78 is 0. The lowest BCUT2D eigenvalue weighted by molar-refractivity contribution is -0.145. The number of carbonyl (C=O) groups is 4. The Hall–Kier alpha value is -2.94. The maximum Gasteiger partial charge on any atom is 0.328 e. The predicted octanol–water partition coefficient (Wildman–Crippen LogP) is -0.284. The van der Waals surface area contributed by atoms with E-state index in [1.54, 1.807) is 0 Å². The number of aliphatic carboxylic acids is 1. The van der Waals surface area contributed by atoms with E-state index >= 15 is 0 Å². The second-order valence-electron chi connectivity index (χ2n) is 6.76. The lowest BCUT2D eigenvalue weighted by Gasteiger charge is -2.28. The average Bonchev–Trinajstić information content (AvgIpc) is 2.86. The number of aliphatic hydroxyl groups is 1. The number of rotatable bonds is 6. The molecule has 0 radical (unpaired) electrons. The minimum atomic E-state index is -1.44. The molecule has 2 aliphatic heterocycles. The lowest BCUT2D eigenvalue weighted by atomic mass is 9.95. The van der Waals surface area contributed by atoms with Crippen LogP contribution in [0, 0.1) is 0 Å². The topological polar surface area (TPSA) is 127 Å². The highest BCUT2D eigenvalue weighted by Crippen LogP contribution is 2.29. The molecular weight excluding hydrogens is 354 g/mol. The van der Waals surface area contributed by atoms with Crippen LogP contribution in [0.25, 0.3) is 0 Å². The van der Waals surface area contributed by atoms with Crippen molar-refractivity contribution in [2.75, 3.05) is 6.54 Å². The monoisotopic (exact) mass is 375 g/mol. The highest BCUT2D eigenvalue weighted by Gasteiger charge is 2.46. The standard InChI is InChI=1S/C18H21N3O6/c1-10(22)15(17(25)26)19-14(23)6-7-20-16(24)13-8-11-4-2-3-5-12(11)9-21(13)18(20)27/h2-5,10,13,15,22H,6-9H2,1H3,(H,19,23)(H,25,26)/t10-,13+,15+/m1/s1. The number of imide groups is 1. The molecule has 3 rings (SSSR count). The molecule has 1 saturated heterocycles. The fourth-order valence-electron chi connectivity index (χ4n) is 3.43. The molecule has 0 aliphatic carbocycles. The van der Waals surface area contributed by atoms with Gasteiger partial charge in [0.05, 0.1) is 6.10 Å². The number of hydrogen-bond donors (Lipinski definition) is 3. The van der Waals surface area contributed by atoms with Gasteiger partial charge in [0.1, 0.15) is 6.04 Å². The van der Waals surface area contributed by atoms with Crippen LogP contribution in [0.2, 0.25) is 0 Å². The van der Waals surface area contributed by atoms with E-state index in [2.05, 4.69) is 5.32 Å². The van der Waals surface area contributed by atoms with Gasteiger partial charge in [0, 0.05) is 25.9 Å². The van der Waals surface area contributed by atoms with Crippen molar-refractivity contribution in [1.82, 2.24) is 15.1 Å². The Kier molecular flexibility index (Phi) is 5.13. The van der Waals surface area contributed by atoms with Crippen LogP contribution in [0.5, 0.6) is 0 Å². The summed E-state index contributed by atoms with van der Waals surface area (Å²) in [6, 6.07) is 5.16. The molecule has 2 aliphatic rings. The van der Waals surface area contributed by atoms with Crippen molar-refractivity contribution in [3.8, 4) is 0 Å². The number of benzene rings is 1. The maximum atomic E-state index is 12.6. The van der Waals surface area contributed by atoms with Crippen molar-refractivity contribution < 1.29 is 29.4 Å². The first kappa shape index (κ1) is 18.8. The SMILES string of the molecule is C[C@@H](O)[C@H](NC(=O)CCN1C(=O)[C@@H]2Cc3ccccc3CN2C1=O)C(=O)O. The van der Waals surface area contributed by atoms with Gasteiger partial charge in [-0.25, -0.2) is 9.59 Å². The van der Waals surface area contributed by atoms with E-state index in [0.717, 1.165) is 16.0 Å². The van der Waals surface area contributed by atoms with Crippen LogP contribution in [-0.4, -0.2) is 68.6 Å². The van der Waals surface area contributed by atoms with Gasteiger partial charge in [0.2, 0.25) is 5.91 Å². The number of carboxylic acids is 1. The Morgan fingerprint density at radius 1 is 1.26 bits per heavy atom. The van der Waals surface area contributed by atoms with Crippen LogP contribution < -0.4 is 5.32 Å². The second kappa shape index (κ2) is 7.36. The molecule has 1 fully saturated rings. The normalized spacial score (nSPS) is 20.7. The van der Waals surface area contributed by atoms with Gasteiger partial charge < -0.3 is 20.4 Å². The summed E-state index contributed by atoms with van der Waals surface area (Å²) in [7, 11) is 0. The molecule has 0 spiro atoms. The van der Waals surface area contributed by atoms with Gasteiger partial charge in [-0.05, 0) is 18.1 Å². The van der Waals surface area contributed by atoms with Crippen LogP contribution in [0.4, 0.5) is 4.79 Å². The van der Waals surface area contributed by atoms with Crippen LogP contribution in [0.15, 0.2) is 24.3 Å². The van der Waals surface area contributed by atoms with Crippen LogP contribution in [0.3, 0.4) is 0 Å². The van der Waals surface area contributed by atoms with Gasteiger partial charge >= 0.3 is 12.0 Å². The van der Waals surface area contributed by atoms with E-state index in [0.29, 0.717) is 13.0 Å². The van der Waals surface area contributed by atoms with E-state index in [1.165, 1.54) is 11.8 Å². The van der Waals surface area contributed by atoms with Gasteiger partial charge in [-0.1, -0.05) is 24.3 Å². The van der Waals surface area contributed by atoms with Crippen molar-refractivity contribution in [3.05, 3.63) is 35.4 Å². The number of nitrogens with one attached hydrogen (secondary N) is 1. The molecule has 0 saturated carbocycles. The maximum absolute atomic E-state index is 12.6. The third-order valence-electron chi connectivity index (χ3n) is 4.90. The van der Waals surface area contributed by atoms with Gasteiger partial charge in [-0.3, -0.25) is 14.5 Å². The molecule has 27 heavy (non-hydrogen) atoms. The molecule has 4 amide bonds. The Morgan fingerprint density at radius 2 is 1.93 bits per heavy atom. The third kappa shape index (κ3) is 3.63. The zero-order valence-electron chi connectivity index (χ0n) is 14.8. The summed E-state index contributed by atoms with van der Waals surface area (Å²) in [5, 5.41) is 20.6. The third-order valence-corrected chi connectivity index (χ3v) is 4.90. The Morgan fingerprint density at radius 3 is 2.56 bits per heavy atom. The fourth-order valence-corrected chi connectivity index (χ4v) is 3.43. The summed E-state index contributed by atoms with van der Waals surface area (Å²) in [4.78, 5) is 50.7. The summed E-state index contributed by atoms with van der Waals surface area (Å²) >= 11 is 0. The molecule has 2 heterocycles. The number of urea groups is 1. The van der Waals surface area contributed by atoms with Gasteiger partial charge in [-0.15, -0.1) is 0 Å². The molecular formula is C18H21N3O6. The predicted molar refractivity (Wildman–Crippen MR) is 92.5 cm³/mol. The number of nitrogens with zero attached hydrogens (tertiary/aromatic N) is 2. The minimum absolute atomic E-state index is 0.140. The van der Waals surface area contributed by atoms with Crippen molar-refractivity contribution >= 4 is 23.8 Å². The number of amides is 4. The van der Waals surface area contributed by atoms with Crippen LogP contribution in [-0.2, 0) is 27.3 Å². The van der Waals surface area contributed by atoms with E-state index in [-0.39, 0.29) is 18.9 Å². The van der Waals surface area contributed by atoms with Crippen LogP contribution >= 0.6 is 0 Å². The smallest absolute Gasteiger partial charge is 0.328 e. The number of fused-ring (bicyclic) bond motifs is 2. The fraction of sp³-hybridized carbons (Fsp3) is 0.444. The quantitative estimate of drug-likeness (QED) is 0.587. The first-order valence-electron chi connectivity index (χ1n) is 8.68. The van der Waals surface area contributed by atoms with Crippen molar-refractivity contribution in [3.63, 3.8) is 0 Å². The Labute approximate surface area is 155 Å². The Balaban J connectivity index is 1.62. The molecule has 144 valence electrons. The van der Waals surface area contributed by atoms with E-state index in [9.17, 15) is 24.3 Å². The molecule has 9 nitrogen and oxygen atoms in total. The molecule has 1 aromatic rings. The van der Waals surface area contributed by atoms with Gasteiger partial charge in [-0.2, -0.15) is 0 Å². The van der Waals surface area contributed by atoms with E-state index in [4.69, 9.17) is 5.11 Å². The van der Waals surface area contributed by atoms with Crippen LogP contribution in [0.1, 0.15) is 24.5 Å². The first-order chi connectivity index (χ1) is 12.8. The number of aliphatic hydroxyl groups excluding tert-OH is 1. The van der Waals surface area contributed by atoms with Crippen molar-refractivity contribution in [2.24, 2.45) is 0 Å². The zero-order chi connectivity index (χ0) is 19.7. The summed E-state index contributed by atoms with van der Waals surface area (Å²) in [5.74, 6) is -2.37. The molecule has 3 N–H and O–H groups in total. The molecule has 0 bridgehead atoms.